The van der Waals surface area contributed by atoms with Gasteiger partial charge in [-0.05, 0) is 36.4 Å². The van der Waals surface area contributed by atoms with Gasteiger partial charge in [-0.2, -0.15) is 4.31 Å². The second-order valence-electron chi connectivity index (χ2n) is 8.47. The highest BCUT2D eigenvalue weighted by molar-refractivity contribution is 7.89. The van der Waals surface area contributed by atoms with Crippen molar-refractivity contribution in [3.8, 4) is 22.6 Å². The second kappa shape index (κ2) is 9.29. The Hall–Kier alpha value is -3.74. The standard InChI is InChI=1S/C25H20F2N6O2S2/c26-18-4-1-3-17(15-18)22-23(33-13-14-36-25(33)30-22)21-7-8-28-24(29-21)31-9-11-32(12-10-31)37(34,35)20-6-2-5-19(27)16-20/h1-8,13-16H,9-12H2. The summed E-state index contributed by atoms with van der Waals surface area (Å²) in [5, 5.41) is 1.92. The van der Waals surface area contributed by atoms with Gasteiger partial charge in [-0.15, -0.1) is 11.3 Å². The first-order chi connectivity index (χ1) is 17.9. The van der Waals surface area contributed by atoms with Crippen LogP contribution in [0.3, 0.4) is 0 Å². The molecule has 6 rings (SSSR count). The van der Waals surface area contributed by atoms with E-state index in [4.69, 9.17) is 9.97 Å². The number of imidazole rings is 1. The van der Waals surface area contributed by atoms with Gasteiger partial charge < -0.3 is 4.90 Å². The van der Waals surface area contributed by atoms with E-state index in [0.29, 0.717) is 36.0 Å². The number of aromatic nitrogens is 4. The van der Waals surface area contributed by atoms with Crippen LogP contribution < -0.4 is 4.90 Å². The number of hydrogen-bond donors (Lipinski definition) is 0. The van der Waals surface area contributed by atoms with Crippen molar-refractivity contribution in [2.75, 3.05) is 31.1 Å². The summed E-state index contributed by atoms with van der Waals surface area (Å²) in [6.45, 7) is 1.16. The van der Waals surface area contributed by atoms with E-state index in [0.717, 1.165) is 16.7 Å². The van der Waals surface area contributed by atoms with Gasteiger partial charge in [0.25, 0.3) is 0 Å². The average molecular weight is 539 g/mol. The molecule has 0 unspecified atom stereocenters. The van der Waals surface area contributed by atoms with Crippen LogP contribution >= 0.6 is 11.3 Å². The normalized spacial score (nSPS) is 14.9. The molecule has 1 saturated heterocycles. The third kappa shape index (κ3) is 4.37. The van der Waals surface area contributed by atoms with E-state index >= 15 is 0 Å². The van der Waals surface area contributed by atoms with Crippen molar-refractivity contribution in [3.05, 3.63) is 84.0 Å². The van der Waals surface area contributed by atoms with Crippen LogP contribution in [-0.4, -0.2) is 58.3 Å². The van der Waals surface area contributed by atoms with Crippen molar-refractivity contribution in [2.45, 2.75) is 4.90 Å². The first kappa shape index (κ1) is 23.6. The largest absolute Gasteiger partial charge is 0.338 e. The lowest BCUT2D eigenvalue weighted by Gasteiger charge is -2.34. The van der Waals surface area contributed by atoms with Crippen LogP contribution in [0.2, 0.25) is 0 Å². The van der Waals surface area contributed by atoms with E-state index < -0.39 is 15.8 Å². The molecular formula is C25H20F2N6O2S2. The number of benzene rings is 2. The quantitative estimate of drug-likeness (QED) is 0.332. The van der Waals surface area contributed by atoms with Crippen molar-refractivity contribution in [3.63, 3.8) is 0 Å². The number of rotatable bonds is 5. The van der Waals surface area contributed by atoms with Gasteiger partial charge in [-0.1, -0.05) is 18.2 Å². The van der Waals surface area contributed by atoms with Crippen molar-refractivity contribution in [1.82, 2.24) is 23.7 Å². The van der Waals surface area contributed by atoms with Crippen molar-refractivity contribution in [2.24, 2.45) is 0 Å². The second-order valence-corrected chi connectivity index (χ2v) is 11.3. The van der Waals surface area contributed by atoms with Crippen LogP contribution in [0.4, 0.5) is 14.7 Å². The monoisotopic (exact) mass is 538 g/mol. The minimum atomic E-state index is -3.81. The van der Waals surface area contributed by atoms with Crippen LogP contribution in [0.5, 0.6) is 0 Å². The topological polar surface area (TPSA) is 83.7 Å². The minimum Gasteiger partial charge on any atom is -0.338 e. The maximum atomic E-state index is 14.0. The van der Waals surface area contributed by atoms with E-state index in [-0.39, 0.29) is 23.8 Å². The number of thiazole rings is 1. The highest BCUT2D eigenvalue weighted by Crippen LogP contribution is 2.34. The van der Waals surface area contributed by atoms with Crippen molar-refractivity contribution < 1.29 is 17.2 Å². The van der Waals surface area contributed by atoms with Crippen molar-refractivity contribution in [1.29, 1.82) is 0 Å². The van der Waals surface area contributed by atoms with Gasteiger partial charge in [-0.3, -0.25) is 4.40 Å². The SMILES string of the molecule is O=S(=O)(c1cccc(F)c1)N1CCN(c2nccc(-c3c(-c4cccc(F)c4)nc4sccn34)n2)CC1. The van der Waals surface area contributed by atoms with E-state index in [2.05, 4.69) is 4.98 Å². The first-order valence-corrected chi connectivity index (χ1v) is 13.8. The Morgan fingerprint density at radius 1 is 0.892 bits per heavy atom. The molecule has 1 aliphatic rings. The molecule has 1 aliphatic heterocycles. The predicted octanol–water partition coefficient (Wildman–Crippen LogP) is 4.31. The van der Waals surface area contributed by atoms with Gasteiger partial charge >= 0.3 is 0 Å². The van der Waals surface area contributed by atoms with Gasteiger partial charge in [0, 0.05) is 49.5 Å². The molecular weight excluding hydrogens is 518 g/mol. The highest BCUT2D eigenvalue weighted by atomic mass is 32.2. The summed E-state index contributed by atoms with van der Waals surface area (Å²) in [7, 11) is -3.81. The molecule has 188 valence electrons. The molecule has 5 aromatic rings. The zero-order valence-electron chi connectivity index (χ0n) is 19.3. The molecule has 0 saturated carbocycles. The lowest BCUT2D eigenvalue weighted by molar-refractivity contribution is 0.382. The van der Waals surface area contributed by atoms with Crippen LogP contribution in [0.1, 0.15) is 0 Å². The first-order valence-electron chi connectivity index (χ1n) is 11.5. The maximum absolute atomic E-state index is 14.0. The molecule has 3 aromatic heterocycles. The highest BCUT2D eigenvalue weighted by Gasteiger charge is 2.30. The van der Waals surface area contributed by atoms with E-state index in [1.165, 1.54) is 46.0 Å². The zero-order chi connectivity index (χ0) is 25.6. The third-order valence-corrected chi connectivity index (χ3v) is 8.85. The smallest absolute Gasteiger partial charge is 0.243 e. The molecule has 0 radical (unpaired) electrons. The molecule has 4 heterocycles. The maximum Gasteiger partial charge on any atom is 0.243 e. The Morgan fingerprint density at radius 3 is 2.41 bits per heavy atom. The number of piperazine rings is 1. The number of anilines is 1. The Morgan fingerprint density at radius 2 is 1.65 bits per heavy atom. The van der Waals surface area contributed by atoms with Gasteiger partial charge in [0.05, 0.1) is 16.3 Å². The van der Waals surface area contributed by atoms with Crippen molar-refractivity contribution >= 4 is 32.3 Å². The predicted molar refractivity (Wildman–Crippen MR) is 137 cm³/mol. The molecule has 12 heteroatoms. The molecule has 0 aliphatic carbocycles. The van der Waals surface area contributed by atoms with Crippen LogP contribution in [0, 0.1) is 11.6 Å². The Balaban J connectivity index is 1.29. The number of sulfonamides is 1. The lowest BCUT2D eigenvalue weighted by Crippen LogP contribution is -2.49. The molecule has 0 bridgehead atoms. The summed E-state index contributed by atoms with van der Waals surface area (Å²) >= 11 is 1.47. The fourth-order valence-electron chi connectivity index (χ4n) is 4.41. The van der Waals surface area contributed by atoms with Crippen LogP contribution in [0.25, 0.3) is 27.6 Å². The summed E-state index contributed by atoms with van der Waals surface area (Å²) < 4.78 is 56.8. The Labute approximate surface area is 215 Å². The van der Waals surface area contributed by atoms with Gasteiger partial charge in [0.1, 0.15) is 17.3 Å². The molecule has 2 aromatic carbocycles. The molecule has 0 amide bonds. The minimum absolute atomic E-state index is 0.0652. The van der Waals surface area contributed by atoms with Gasteiger partial charge in [-0.25, -0.2) is 32.2 Å². The van der Waals surface area contributed by atoms with Crippen LogP contribution in [-0.2, 0) is 10.0 Å². The molecule has 37 heavy (non-hydrogen) atoms. The number of hydrogen-bond acceptors (Lipinski definition) is 7. The third-order valence-electron chi connectivity index (χ3n) is 6.20. The Bertz CT molecular complexity index is 1710. The molecule has 0 spiro atoms. The van der Waals surface area contributed by atoms with Crippen LogP contribution in [0.15, 0.2) is 77.3 Å². The molecule has 1 fully saturated rings. The summed E-state index contributed by atoms with van der Waals surface area (Å²) in [6, 6.07) is 13.1. The van der Waals surface area contributed by atoms with E-state index in [1.54, 1.807) is 24.4 Å². The number of fused-ring (bicyclic) bond motifs is 1. The summed E-state index contributed by atoms with van der Waals surface area (Å²) in [5.74, 6) is -0.493. The molecule has 0 atom stereocenters. The number of nitrogens with zero attached hydrogens (tertiary/aromatic N) is 6. The number of halogens is 2. The average Bonchev–Trinajstić information content (AvgIpc) is 3.50. The van der Waals surface area contributed by atoms with Gasteiger partial charge in [0.15, 0.2) is 4.96 Å². The summed E-state index contributed by atoms with van der Waals surface area (Å²) in [4.78, 5) is 16.5. The molecule has 0 N–H and O–H groups in total. The summed E-state index contributed by atoms with van der Waals surface area (Å²) in [5.41, 5.74) is 2.59. The fourth-order valence-corrected chi connectivity index (χ4v) is 6.57. The molecule has 8 nitrogen and oxygen atoms in total. The Kier molecular flexibility index (Phi) is 5.94. The van der Waals surface area contributed by atoms with Gasteiger partial charge in [0.2, 0.25) is 16.0 Å². The van der Waals surface area contributed by atoms with E-state index in [1.807, 2.05) is 20.9 Å². The fraction of sp³-hybridized carbons (Fsp3) is 0.160. The summed E-state index contributed by atoms with van der Waals surface area (Å²) in [6.07, 6.45) is 3.54. The lowest BCUT2D eigenvalue weighted by atomic mass is 10.1. The van der Waals surface area contributed by atoms with E-state index in [9.17, 15) is 17.2 Å². The zero-order valence-corrected chi connectivity index (χ0v) is 21.0.